The van der Waals surface area contributed by atoms with Crippen LogP contribution in [0.25, 0.3) is 0 Å². The Bertz CT molecular complexity index is 517. The number of benzene rings is 1. The lowest BCUT2D eigenvalue weighted by atomic mass is 10.0. The Morgan fingerprint density at radius 3 is 2.81 bits per heavy atom. The summed E-state index contributed by atoms with van der Waals surface area (Å²) in [6.07, 6.45) is 1.85. The van der Waals surface area contributed by atoms with E-state index in [0.717, 1.165) is 17.4 Å². The summed E-state index contributed by atoms with van der Waals surface area (Å²) in [6.45, 7) is 0. The van der Waals surface area contributed by atoms with E-state index in [2.05, 4.69) is 0 Å². The van der Waals surface area contributed by atoms with Crippen LogP contribution in [0.5, 0.6) is 0 Å². The van der Waals surface area contributed by atoms with Crippen molar-refractivity contribution in [2.24, 2.45) is 5.92 Å². The number of carbonyl (C=O) groups is 1. The van der Waals surface area contributed by atoms with E-state index in [0.29, 0.717) is 18.4 Å². The van der Waals surface area contributed by atoms with Gasteiger partial charge in [-0.3, -0.25) is 10.1 Å². The molecular formula is C11H8N2O3. The molecule has 1 atom stereocenters. The molecule has 0 N–H and O–H groups in total. The lowest BCUT2D eigenvalue weighted by molar-refractivity contribution is -0.384. The monoisotopic (exact) mass is 216 g/mol. The molecule has 0 aliphatic heterocycles. The number of nitro benzene ring substituents is 1. The topological polar surface area (TPSA) is 84.0 Å². The second-order valence-corrected chi connectivity index (χ2v) is 3.80. The van der Waals surface area contributed by atoms with Gasteiger partial charge in [0.05, 0.1) is 16.6 Å². The van der Waals surface area contributed by atoms with Gasteiger partial charge in [0.25, 0.3) is 5.69 Å². The highest BCUT2D eigenvalue weighted by atomic mass is 16.6. The van der Waals surface area contributed by atoms with E-state index in [9.17, 15) is 14.9 Å². The van der Waals surface area contributed by atoms with Crippen LogP contribution >= 0.6 is 0 Å². The molecule has 0 saturated carbocycles. The average Bonchev–Trinajstić information content (AvgIpc) is 2.70. The fourth-order valence-electron chi connectivity index (χ4n) is 2.06. The number of nitro groups is 1. The Hall–Kier alpha value is -2.22. The average molecular weight is 216 g/mol. The van der Waals surface area contributed by atoms with Crippen LogP contribution in [0, 0.1) is 27.4 Å². The van der Waals surface area contributed by atoms with Crippen molar-refractivity contribution in [1.29, 1.82) is 5.26 Å². The molecule has 1 aliphatic carbocycles. The van der Waals surface area contributed by atoms with Gasteiger partial charge in [-0.1, -0.05) is 0 Å². The molecule has 0 amide bonds. The van der Waals surface area contributed by atoms with Crippen LogP contribution < -0.4 is 0 Å². The van der Waals surface area contributed by atoms with Crippen molar-refractivity contribution in [3.8, 4) is 6.07 Å². The van der Waals surface area contributed by atoms with Crippen LogP contribution in [0.15, 0.2) is 12.1 Å². The molecule has 1 unspecified atom stereocenters. The van der Waals surface area contributed by atoms with E-state index >= 15 is 0 Å². The molecule has 1 aromatic carbocycles. The van der Waals surface area contributed by atoms with Crippen molar-refractivity contribution in [1.82, 2.24) is 0 Å². The zero-order valence-electron chi connectivity index (χ0n) is 8.34. The molecule has 80 valence electrons. The van der Waals surface area contributed by atoms with Crippen molar-refractivity contribution in [3.63, 3.8) is 0 Å². The predicted molar refractivity (Wildman–Crippen MR) is 54.8 cm³/mol. The minimum absolute atomic E-state index is 0.0816. The predicted octanol–water partition coefficient (Wildman–Crippen LogP) is 1.38. The first-order valence-electron chi connectivity index (χ1n) is 4.81. The summed E-state index contributed by atoms with van der Waals surface area (Å²) < 4.78 is 0. The van der Waals surface area contributed by atoms with Gasteiger partial charge < -0.3 is 4.79 Å². The molecule has 0 bridgehead atoms. The minimum atomic E-state index is -0.518. The van der Waals surface area contributed by atoms with Crippen LogP contribution in [-0.2, 0) is 17.6 Å². The van der Waals surface area contributed by atoms with Gasteiger partial charge in [0, 0.05) is 18.1 Å². The summed E-state index contributed by atoms with van der Waals surface area (Å²) in [7, 11) is 0. The fourth-order valence-corrected chi connectivity index (χ4v) is 2.06. The summed E-state index contributed by atoms with van der Waals surface area (Å²) in [5, 5.41) is 19.6. The van der Waals surface area contributed by atoms with Crippen molar-refractivity contribution >= 4 is 12.0 Å². The largest absolute Gasteiger partial charge is 0.303 e. The molecule has 16 heavy (non-hydrogen) atoms. The SMILES string of the molecule is N#Cc1cc([N+](=O)[O-])cc2c1CC(C=O)C2. The van der Waals surface area contributed by atoms with Crippen LogP contribution in [0.4, 0.5) is 5.69 Å². The molecule has 0 radical (unpaired) electrons. The maximum Gasteiger partial charge on any atom is 0.271 e. The number of aldehydes is 1. The Labute approximate surface area is 91.5 Å². The van der Waals surface area contributed by atoms with Gasteiger partial charge in [-0.15, -0.1) is 0 Å². The third-order valence-corrected chi connectivity index (χ3v) is 2.80. The Balaban J connectivity index is 2.54. The van der Waals surface area contributed by atoms with E-state index in [-0.39, 0.29) is 11.6 Å². The number of hydrogen-bond donors (Lipinski definition) is 0. The first-order chi connectivity index (χ1) is 7.65. The molecule has 5 nitrogen and oxygen atoms in total. The van der Waals surface area contributed by atoms with Crippen LogP contribution in [0.1, 0.15) is 16.7 Å². The van der Waals surface area contributed by atoms with Gasteiger partial charge in [0.2, 0.25) is 0 Å². The lowest BCUT2D eigenvalue weighted by Crippen LogP contribution is -1.99. The van der Waals surface area contributed by atoms with Crippen molar-refractivity contribution in [3.05, 3.63) is 38.9 Å². The number of nitrogens with zero attached hydrogens (tertiary/aromatic N) is 2. The van der Waals surface area contributed by atoms with Crippen molar-refractivity contribution < 1.29 is 9.72 Å². The van der Waals surface area contributed by atoms with E-state index < -0.39 is 4.92 Å². The summed E-state index contributed by atoms with van der Waals surface area (Å²) in [4.78, 5) is 20.8. The molecule has 0 spiro atoms. The smallest absolute Gasteiger partial charge is 0.271 e. The molecule has 5 heteroatoms. The van der Waals surface area contributed by atoms with Gasteiger partial charge in [-0.05, 0) is 24.0 Å². The molecule has 0 saturated heterocycles. The normalized spacial score (nSPS) is 17.6. The first kappa shape index (κ1) is 10.3. The van der Waals surface area contributed by atoms with E-state index in [4.69, 9.17) is 5.26 Å². The van der Waals surface area contributed by atoms with Gasteiger partial charge in [0.15, 0.2) is 0 Å². The Morgan fingerprint density at radius 2 is 2.25 bits per heavy atom. The number of nitriles is 1. The van der Waals surface area contributed by atoms with Crippen LogP contribution in [0.2, 0.25) is 0 Å². The van der Waals surface area contributed by atoms with Crippen molar-refractivity contribution in [2.45, 2.75) is 12.8 Å². The Kier molecular flexibility index (Phi) is 2.41. The van der Waals surface area contributed by atoms with E-state index in [1.165, 1.54) is 12.1 Å². The zero-order chi connectivity index (χ0) is 11.7. The van der Waals surface area contributed by atoms with Crippen molar-refractivity contribution in [2.75, 3.05) is 0 Å². The Morgan fingerprint density at radius 1 is 1.50 bits per heavy atom. The number of carbonyl (C=O) groups excluding carboxylic acids is 1. The first-order valence-corrected chi connectivity index (χ1v) is 4.81. The maximum absolute atomic E-state index is 10.7. The van der Waals surface area contributed by atoms with Crippen LogP contribution in [-0.4, -0.2) is 11.2 Å². The van der Waals surface area contributed by atoms with E-state index in [1.54, 1.807) is 0 Å². The van der Waals surface area contributed by atoms with Gasteiger partial charge in [0.1, 0.15) is 6.29 Å². The van der Waals surface area contributed by atoms with Gasteiger partial charge in [-0.25, -0.2) is 0 Å². The molecule has 1 aromatic rings. The second-order valence-electron chi connectivity index (χ2n) is 3.80. The quantitative estimate of drug-likeness (QED) is 0.424. The summed E-state index contributed by atoms with van der Waals surface area (Å²) >= 11 is 0. The van der Waals surface area contributed by atoms with Gasteiger partial charge >= 0.3 is 0 Å². The second kappa shape index (κ2) is 3.74. The molecule has 1 aliphatic rings. The number of rotatable bonds is 2. The van der Waals surface area contributed by atoms with Gasteiger partial charge in [-0.2, -0.15) is 5.26 Å². The highest BCUT2D eigenvalue weighted by Crippen LogP contribution is 2.31. The number of non-ortho nitro benzene ring substituents is 1. The maximum atomic E-state index is 10.7. The highest BCUT2D eigenvalue weighted by Gasteiger charge is 2.26. The zero-order valence-corrected chi connectivity index (χ0v) is 8.34. The third kappa shape index (κ3) is 1.54. The lowest BCUT2D eigenvalue weighted by Gasteiger charge is -2.00. The highest BCUT2D eigenvalue weighted by molar-refractivity contribution is 5.62. The summed E-state index contributed by atoms with van der Waals surface area (Å²) in [6, 6.07) is 4.67. The summed E-state index contributed by atoms with van der Waals surface area (Å²) in [5.41, 5.74) is 1.77. The molecule has 0 heterocycles. The van der Waals surface area contributed by atoms with E-state index in [1.807, 2.05) is 6.07 Å². The molecule has 2 rings (SSSR count). The molecule has 0 aromatic heterocycles. The summed E-state index contributed by atoms with van der Waals surface area (Å²) in [5.74, 6) is -0.149. The third-order valence-electron chi connectivity index (χ3n) is 2.80. The standard InChI is InChI=1S/C11H8N2O3/c12-5-9-4-10(13(15)16)3-8-1-7(6-14)2-11(8)9/h3-4,6-7H,1-2H2. The molecular weight excluding hydrogens is 208 g/mol. The fraction of sp³-hybridized carbons (Fsp3) is 0.273. The molecule has 0 fully saturated rings. The van der Waals surface area contributed by atoms with Crippen LogP contribution in [0.3, 0.4) is 0 Å². The minimum Gasteiger partial charge on any atom is -0.303 e. The number of fused-ring (bicyclic) bond motifs is 1. The number of hydrogen-bond acceptors (Lipinski definition) is 4.